The number of rotatable bonds is 0. The van der Waals surface area contributed by atoms with Crippen LogP contribution in [0.25, 0.3) is 43.6 Å². The first-order valence-electron chi connectivity index (χ1n) is 14.6. The summed E-state index contributed by atoms with van der Waals surface area (Å²) in [5.74, 6) is 0. The Bertz CT molecular complexity index is 1220. The molecular formula is C36H52N2. The van der Waals surface area contributed by atoms with Crippen LogP contribution in [0.5, 0.6) is 0 Å². The minimum absolute atomic E-state index is 1.30. The molecule has 0 radical (unpaired) electrons. The summed E-state index contributed by atoms with van der Waals surface area (Å²) in [5, 5.41) is 5.35. The van der Waals surface area contributed by atoms with Crippen LogP contribution in [0.15, 0.2) is 97.1 Å². The summed E-state index contributed by atoms with van der Waals surface area (Å²) < 4.78 is 4.48. The van der Waals surface area contributed by atoms with Crippen LogP contribution < -0.4 is 0 Å². The van der Waals surface area contributed by atoms with Crippen LogP contribution in [0.3, 0.4) is 0 Å². The van der Waals surface area contributed by atoms with Gasteiger partial charge in [-0.15, -0.1) is 0 Å². The summed E-state index contributed by atoms with van der Waals surface area (Å²) in [7, 11) is 4.23. The van der Waals surface area contributed by atoms with Gasteiger partial charge in [0.05, 0.1) is 0 Å². The molecule has 0 atom stereocenters. The quantitative estimate of drug-likeness (QED) is 0.191. The zero-order chi connectivity index (χ0) is 29.1. The van der Waals surface area contributed by atoms with Crippen LogP contribution in [-0.4, -0.2) is 9.13 Å². The molecule has 2 aromatic heterocycles. The molecule has 0 saturated heterocycles. The molecule has 0 aliphatic heterocycles. The molecule has 0 N–H and O–H groups in total. The van der Waals surface area contributed by atoms with Crippen molar-refractivity contribution in [1.82, 2.24) is 9.13 Å². The van der Waals surface area contributed by atoms with E-state index in [1.165, 1.54) is 43.6 Å². The maximum Gasteiger partial charge on any atom is 0.0488 e. The molecule has 0 aliphatic rings. The fourth-order valence-corrected chi connectivity index (χ4v) is 4.24. The summed E-state index contributed by atoms with van der Waals surface area (Å²) >= 11 is 0. The van der Waals surface area contributed by atoms with Gasteiger partial charge in [0.15, 0.2) is 0 Å². The highest BCUT2D eigenvalue weighted by atomic mass is 14.9. The highest BCUT2D eigenvalue weighted by Crippen LogP contribution is 2.28. The molecule has 2 heteroatoms. The molecule has 0 spiro atoms. The van der Waals surface area contributed by atoms with Gasteiger partial charge in [0, 0.05) is 57.7 Å². The van der Waals surface area contributed by atoms with Crippen molar-refractivity contribution in [2.75, 3.05) is 0 Å². The van der Waals surface area contributed by atoms with Crippen molar-refractivity contribution < 1.29 is 0 Å². The van der Waals surface area contributed by atoms with Crippen LogP contribution in [0.4, 0.5) is 0 Å². The van der Waals surface area contributed by atoms with E-state index in [2.05, 4.69) is 120 Å². The average Bonchev–Trinajstić information content (AvgIpc) is 3.50. The number of fused-ring (bicyclic) bond motifs is 6. The van der Waals surface area contributed by atoms with E-state index in [0.29, 0.717) is 0 Å². The van der Waals surface area contributed by atoms with E-state index >= 15 is 0 Å². The third-order valence-corrected chi connectivity index (χ3v) is 5.64. The lowest BCUT2D eigenvalue weighted by molar-refractivity contribution is 1.01. The monoisotopic (exact) mass is 512 g/mol. The molecule has 38 heavy (non-hydrogen) atoms. The lowest BCUT2D eigenvalue weighted by atomic mass is 10.2. The third-order valence-electron chi connectivity index (χ3n) is 5.64. The Hall–Kier alpha value is -3.52. The van der Waals surface area contributed by atoms with Gasteiger partial charge in [-0.25, -0.2) is 0 Å². The van der Waals surface area contributed by atoms with Crippen LogP contribution >= 0.6 is 0 Å². The first kappa shape index (κ1) is 34.5. The third kappa shape index (κ3) is 7.74. The van der Waals surface area contributed by atoms with Crippen molar-refractivity contribution >= 4 is 43.6 Å². The van der Waals surface area contributed by atoms with Crippen molar-refractivity contribution in [2.45, 2.75) is 69.2 Å². The maximum absolute atomic E-state index is 2.24. The van der Waals surface area contributed by atoms with E-state index in [1.54, 1.807) is 0 Å². The molecule has 206 valence electrons. The Morgan fingerprint density at radius 2 is 0.447 bits per heavy atom. The SMILES string of the molecule is CC.CC.CC.CC.CC.Cn1c2ccccc2c2ccccc21.Cn1c2ccccc2c2ccccc21. The van der Waals surface area contributed by atoms with Gasteiger partial charge in [-0.1, -0.05) is 142 Å². The van der Waals surface area contributed by atoms with Gasteiger partial charge >= 0.3 is 0 Å². The first-order valence-corrected chi connectivity index (χ1v) is 14.6. The summed E-state index contributed by atoms with van der Waals surface area (Å²) in [5.41, 5.74) is 5.20. The number of benzene rings is 4. The first-order chi connectivity index (χ1) is 18.8. The lowest BCUT2D eigenvalue weighted by Gasteiger charge is -1.95. The Kier molecular flexibility index (Phi) is 17.8. The predicted octanol–water partition coefficient (Wildman–Crippen LogP) is 11.8. The molecule has 6 rings (SSSR count). The zero-order valence-corrected chi connectivity index (χ0v) is 26.1. The predicted molar refractivity (Wildman–Crippen MR) is 178 cm³/mol. The van der Waals surface area contributed by atoms with Crippen molar-refractivity contribution in [3.05, 3.63) is 97.1 Å². The highest BCUT2D eigenvalue weighted by molar-refractivity contribution is 6.08. The van der Waals surface area contributed by atoms with Gasteiger partial charge in [-0.05, 0) is 24.3 Å². The molecular weight excluding hydrogens is 460 g/mol. The smallest absolute Gasteiger partial charge is 0.0488 e. The molecule has 6 aromatic rings. The van der Waals surface area contributed by atoms with E-state index in [1.807, 2.05) is 69.2 Å². The van der Waals surface area contributed by atoms with Gasteiger partial charge < -0.3 is 9.13 Å². The molecule has 4 aromatic carbocycles. The van der Waals surface area contributed by atoms with Gasteiger partial charge in [-0.3, -0.25) is 0 Å². The fraction of sp³-hybridized carbons (Fsp3) is 0.333. The number of hydrogen-bond donors (Lipinski definition) is 0. The Morgan fingerprint density at radius 1 is 0.289 bits per heavy atom. The number of para-hydroxylation sites is 4. The fourth-order valence-electron chi connectivity index (χ4n) is 4.24. The Labute approximate surface area is 232 Å². The topological polar surface area (TPSA) is 9.86 Å². The Morgan fingerprint density at radius 3 is 0.632 bits per heavy atom. The van der Waals surface area contributed by atoms with Crippen LogP contribution in [0.2, 0.25) is 0 Å². The van der Waals surface area contributed by atoms with Crippen LogP contribution in [-0.2, 0) is 14.1 Å². The van der Waals surface area contributed by atoms with Crippen molar-refractivity contribution in [2.24, 2.45) is 14.1 Å². The van der Waals surface area contributed by atoms with E-state index in [0.717, 1.165) is 0 Å². The average molecular weight is 513 g/mol. The molecule has 0 fully saturated rings. The molecule has 0 unspecified atom stereocenters. The van der Waals surface area contributed by atoms with Crippen LogP contribution in [0, 0.1) is 0 Å². The van der Waals surface area contributed by atoms with Crippen molar-refractivity contribution in [1.29, 1.82) is 0 Å². The van der Waals surface area contributed by atoms with Crippen molar-refractivity contribution in [3.8, 4) is 0 Å². The summed E-state index contributed by atoms with van der Waals surface area (Å²) in [6, 6.07) is 34.1. The molecule has 0 saturated carbocycles. The summed E-state index contributed by atoms with van der Waals surface area (Å²) in [4.78, 5) is 0. The van der Waals surface area contributed by atoms with Crippen LogP contribution in [0.1, 0.15) is 69.2 Å². The highest BCUT2D eigenvalue weighted by Gasteiger charge is 2.06. The second kappa shape index (κ2) is 19.6. The second-order valence-corrected chi connectivity index (χ2v) is 7.19. The van der Waals surface area contributed by atoms with Gasteiger partial charge in [0.25, 0.3) is 0 Å². The lowest BCUT2D eigenvalue weighted by Crippen LogP contribution is -1.84. The standard InChI is InChI=1S/2C13H11N.5C2H6/c2*1-14-12-8-4-2-6-10(12)11-7-3-5-9-13(11)14;5*1-2/h2*2-9H,1H3;5*1-2H3. The second-order valence-electron chi connectivity index (χ2n) is 7.19. The molecule has 0 amide bonds. The van der Waals surface area contributed by atoms with E-state index < -0.39 is 0 Å². The van der Waals surface area contributed by atoms with Gasteiger partial charge in [0.1, 0.15) is 0 Å². The molecule has 0 aliphatic carbocycles. The zero-order valence-electron chi connectivity index (χ0n) is 26.1. The molecule has 0 bridgehead atoms. The van der Waals surface area contributed by atoms with E-state index in [-0.39, 0.29) is 0 Å². The number of hydrogen-bond acceptors (Lipinski definition) is 0. The number of nitrogens with zero attached hydrogens (tertiary/aromatic N) is 2. The maximum atomic E-state index is 2.24. The summed E-state index contributed by atoms with van der Waals surface area (Å²) in [6.45, 7) is 20.0. The minimum Gasteiger partial charge on any atom is -0.344 e. The van der Waals surface area contributed by atoms with Crippen molar-refractivity contribution in [3.63, 3.8) is 0 Å². The number of aryl methyl sites for hydroxylation is 2. The normalized spacial score (nSPS) is 9.05. The minimum atomic E-state index is 1.30. The summed E-state index contributed by atoms with van der Waals surface area (Å²) in [6.07, 6.45) is 0. The Balaban J connectivity index is 0.000000545. The van der Waals surface area contributed by atoms with E-state index in [9.17, 15) is 0 Å². The molecule has 2 heterocycles. The number of aromatic nitrogens is 2. The van der Waals surface area contributed by atoms with E-state index in [4.69, 9.17) is 0 Å². The molecule has 2 nitrogen and oxygen atoms in total. The largest absolute Gasteiger partial charge is 0.344 e. The van der Waals surface area contributed by atoms with Gasteiger partial charge in [0.2, 0.25) is 0 Å². The van der Waals surface area contributed by atoms with Gasteiger partial charge in [-0.2, -0.15) is 0 Å².